The third kappa shape index (κ3) is 3.03. The number of ether oxygens (including phenoxy) is 1. The van der Waals surface area contributed by atoms with Gasteiger partial charge in [0.25, 0.3) is 0 Å². The second-order valence-electron chi connectivity index (χ2n) is 3.64. The largest absolute Gasteiger partial charge is 0.398 e. The highest BCUT2D eigenvalue weighted by Crippen LogP contribution is 2.34. The predicted octanol–water partition coefficient (Wildman–Crippen LogP) is 3.19. The quantitative estimate of drug-likeness (QED) is 0.811. The Morgan fingerprint density at radius 2 is 2.33 bits per heavy atom. The molecular formula is C11H14ClNOS. The SMILES string of the molecule is Nc1ccc(Cl)cc1SC1CCCOC1. The van der Waals surface area contributed by atoms with Crippen molar-refractivity contribution in [3.8, 4) is 0 Å². The number of hydrogen-bond donors (Lipinski definition) is 1. The van der Waals surface area contributed by atoms with E-state index in [1.807, 2.05) is 18.2 Å². The molecule has 1 fully saturated rings. The summed E-state index contributed by atoms with van der Waals surface area (Å²) >= 11 is 7.71. The molecule has 0 aromatic heterocycles. The zero-order chi connectivity index (χ0) is 10.7. The van der Waals surface area contributed by atoms with Crippen LogP contribution in [-0.2, 0) is 4.74 Å². The molecule has 1 saturated heterocycles. The molecule has 0 bridgehead atoms. The van der Waals surface area contributed by atoms with E-state index in [1.54, 1.807) is 11.8 Å². The molecule has 1 unspecified atom stereocenters. The molecular weight excluding hydrogens is 230 g/mol. The molecule has 4 heteroatoms. The number of nitrogens with two attached hydrogens (primary N) is 1. The van der Waals surface area contributed by atoms with Crippen molar-refractivity contribution < 1.29 is 4.74 Å². The van der Waals surface area contributed by atoms with E-state index in [-0.39, 0.29) is 0 Å². The fourth-order valence-corrected chi connectivity index (χ4v) is 3.04. The Morgan fingerprint density at radius 1 is 1.47 bits per heavy atom. The maximum Gasteiger partial charge on any atom is 0.0588 e. The molecule has 1 aliphatic rings. The topological polar surface area (TPSA) is 35.2 Å². The van der Waals surface area contributed by atoms with Gasteiger partial charge in [-0.25, -0.2) is 0 Å². The van der Waals surface area contributed by atoms with Crippen LogP contribution in [0.1, 0.15) is 12.8 Å². The van der Waals surface area contributed by atoms with Gasteiger partial charge in [0, 0.05) is 27.5 Å². The van der Waals surface area contributed by atoms with Crippen molar-refractivity contribution in [1.82, 2.24) is 0 Å². The Morgan fingerprint density at radius 3 is 3.07 bits per heavy atom. The van der Waals surface area contributed by atoms with Crippen molar-refractivity contribution in [2.24, 2.45) is 0 Å². The van der Waals surface area contributed by atoms with E-state index in [4.69, 9.17) is 22.1 Å². The maximum absolute atomic E-state index is 5.93. The van der Waals surface area contributed by atoms with E-state index >= 15 is 0 Å². The molecule has 2 nitrogen and oxygen atoms in total. The Labute approximate surface area is 99.1 Å². The smallest absolute Gasteiger partial charge is 0.0588 e. The third-order valence-electron chi connectivity index (χ3n) is 2.39. The summed E-state index contributed by atoms with van der Waals surface area (Å²) in [4.78, 5) is 1.07. The molecule has 1 atom stereocenters. The summed E-state index contributed by atoms with van der Waals surface area (Å²) in [6, 6.07) is 5.60. The molecule has 0 saturated carbocycles. The van der Waals surface area contributed by atoms with E-state index in [0.717, 1.165) is 35.2 Å². The second-order valence-corrected chi connectivity index (χ2v) is 5.42. The molecule has 0 amide bonds. The first-order valence-electron chi connectivity index (χ1n) is 5.05. The molecule has 15 heavy (non-hydrogen) atoms. The minimum atomic E-state index is 0.513. The van der Waals surface area contributed by atoms with Crippen LogP contribution in [0.2, 0.25) is 5.02 Å². The van der Waals surface area contributed by atoms with Crippen LogP contribution in [0.15, 0.2) is 23.1 Å². The highest BCUT2D eigenvalue weighted by Gasteiger charge is 2.16. The maximum atomic E-state index is 5.93. The number of nitrogen functional groups attached to an aromatic ring is 1. The zero-order valence-electron chi connectivity index (χ0n) is 8.41. The lowest BCUT2D eigenvalue weighted by Crippen LogP contribution is -2.19. The van der Waals surface area contributed by atoms with Gasteiger partial charge >= 0.3 is 0 Å². The average Bonchev–Trinajstić information content (AvgIpc) is 2.25. The number of halogens is 1. The van der Waals surface area contributed by atoms with E-state index in [1.165, 1.54) is 6.42 Å². The first-order chi connectivity index (χ1) is 7.25. The Balaban J connectivity index is 2.05. The van der Waals surface area contributed by atoms with Crippen molar-refractivity contribution in [3.05, 3.63) is 23.2 Å². The predicted molar refractivity (Wildman–Crippen MR) is 65.6 cm³/mol. The van der Waals surface area contributed by atoms with Gasteiger partial charge < -0.3 is 10.5 Å². The van der Waals surface area contributed by atoms with Crippen molar-refractivity contribution in [2.75, 3.05) is 18.9 Å². The fraction of sp³-hybridized carbons (Fsp3) is 0.455. The standard InChI is InChI=1S/C11H14ClNOS/c12-8-3-4-10(13)11(6-8)15-9-2-1-5-14-7-9/h3-4,6,9H,1-2,5,7,13H2. The van der Waals surface area contributed by atoms with Crippen LogP contribution in [0.25, 0.3) is 0 Å². The summed E-state index contributed by atoms with van der Waals surface area (Å²) in [6.45, 7) is 1.71. The van der Waals surface area contributed by atoms with Gasteiger partial charge in [-0.3, -0.25) is 0 Å². The van der Waals surface area contributed by atoms with Crippen molar-refractivity contribution >= 4 is 29.1 Å². The van der Waals surface area contributed by atoms with Crippen LogP contribution >= 0.6 is 23.4 Å². The highest BCUT2D eigenvalue weighted by molar-refractivity contribution is 8.00. The minimum absolute atomic E-state index is 0.513. The average molecular weight is 244 g/mol. The molecule has 82 valence electrons. The molecule has 0 aliphatic carbocycles. The van der Waals surface area contributed by atoms with Crippen LogP contribution in [-0.4, -0.2) is 18.5 Å². The van der Waals surface area contributed by atoms with Gasteiger partial charge in [0.05, 0.1) is 6.61 Å². The van der Waals surface area contributed by atoms with Crippen LogP contribution < -0.4 is 5.73 Å². The Hall–Kier alpha value is -0.380. The number of benzene rings is 1. The van der Waals surface area contributed by atoms with Crippen LogP contribution in [0.3, 0.4) is 0 Å². The van der Waals surface area contributed by atoms with Gasteiger partial charge in [0.15, 0.2) is 0 Å². The minimum Gasteiger partial charge on any atom is -0.398 e. The molecule has 1 heterocycles. The highest BCUT2D eigenvalue weighted by atomic mass is 35.5. The molecule has 2 N–H and O–H groups in total. The summed E-state index contributed by atoms with van der Waals surface area (Å²) < 4.78 is 5.43. The number of thioether (sulfide) groups is 1. The normalized spacial score (nSPS) is 21.5. The molecule has 1 aliphatic heterocycles. The van der Waals surface area contributed by atoms with Gasteiger partial charge in [-0.1, -0.05) is 11.6 Å². The summed E-state index contributed by atoms with van der Waals surface area (Å²) in [7, 11) is 0. The Bertz CT molecular complexity index is 339. The first kappa shape index (κ1) is 11.1. The number of anilines is 1. The van der Waals surface area contributed by atoms with Gasteiger partial charge in [0.2, 0.25) is 0 Å². The van der Waals surface area contributed by atoms with Crippen LogP contribution in [0, 0.1) is 0 Å². The number of rotatable bonds is 2. The Kier molecular flexibility index (Phi) is 3.78. The summed E-state index contributed by atoms with van der Waals surface area (Å²) in [5.41, 5.74) is 6.69. The molecule has 0 spiro atoms. The van der Waals surface area contributed by atoms with Gasteiger partial charge in [-0.05, 0) is 31.0 Å². The van der Waals surface area contributed by atoms with E-state index in [9.17, 15) is 0 Å². The van der Waals surface area contributed by atoms with Crippen LogP contribution in [0.4, 0.5) is 5.69 Å². The monoisotopic (exact) mass is 243 g/mol. The molecule has 2 rings (SSSR count). The lowest BCUT2D eigenvalue weighted by molar-refractivity contribution is 0.101. The van der Waals surface area contributed by atoms with Crippen LogP contribution in [0.5, 0.6) is 0 Å². The third-order valence-corrected chi connectivity index (χ3v) is 3.94. The summed E-state index contributed by atoms with van der Waals surface area (Å²) in [5, 5.41) is 1.25. The lowest BCUT2D eigenvalue weighted by Gasteiger charge is -2.22. The van der Waals surface area contributed by atoms with Crippen molar-refractivity contribution in [1.29, 1.82) is 0 Å². The summed E-state index contributed by atoms with van der Waals surface area (Å²) in [5.74, 6) is 0. The zero-order valence-corrected chi connectivity index (χ0v) is 9.98. The van der Waals surface area contributed by atoms with Crippen molar-refractivity contribution in [3.63, 3.8) is 0 Å². The van der Waals surface area contributed by atoms with E-state index < -0.39 is 0 Å². The van der Waals surface area contributed by atoms with Gasteiger partial charge in [-0.15, -0.1) is 11.8 Å². The summed E-state index contributed by atoms with van der Waals surface area (Å²) in [6.07, 6.45) is 2.33. The second kappa shape index (κ2) is 5.10. The lowest BCUT2D eigenvalue weighted by atomic mass is 10.2. The molecule has 1 aromatic carbocycles. The van der Waals surface area contributed by atoms with Crippen molar-refractivity contribution in [2.45, 2.75) is 23.0 Å². The van der Waals surface area contributed by atoms with E-state index in [0.29, 0.717) is 5.25 Å². The number of hydrogen-bond acceptors (Lipinski definition) is 3. The van der Waals surface area contributed by atoms with Gasteiger partial charge in [-0.2, -0.15) is 0 Å². The molecule has 1 aromatic rings. The van der Waals surface area contributed by atoms with E-state index in [2.05, 4.69) is 0 Å². The molecule has 0 radical (unpaired) electrons. The van der Waals surface area contributed by atoms with Gasteiger partial charge in [0.1, 0.15) is 0 Å². The fourth-order valence-electron chi connectivity index (χ4n) is 1.59. The first-order valence-corrected chi connectivity index (χ1v) is 6.31.